The summed E-state index contributed by atoms with van der Waals surface area (Å²) in [5.41, 5.74) is 1.33. The van der Waals surface area contributed by atoms with Gasteiger partial charge in [0.05, 0.1) is 0 Å². The molecule has 7 rings (SSSR count). The SMILES string of the molecule is Cc1cccc(C(=O)NC23CC4CC(CC(NC(=O)Oc5ccn6ccnc6c5)(C4)C2)C3)n1. The fraction of sp³-hybridized carbons (Fsp3) is 0.440. The number of imidazole rings is 1. The average molecular weight is 446 g/mol. The first-order valence-electron chi connectivity index (χ1n) is 11.6. The van der Waals surface area contributed by atoms with Crippen LogP contribution in [-0.2, 0) is 0 Å². The minimum Gasteiger partial charge on any atom is -0.410 e. The largest absolute Gasteiger partial charge is 0.413 e. The smallest absolute Gasteiger partial charge is 0.410 e. The zero-order chi connectivity index (χ0) is 22.6. The summed E-state index contributed by atoms with van der Waals surface area (Å²) in [4.78, 5) is 34.6. The van der Waals surface area contributed by atoms with Gasteiger partial charge in [-0.2, -0.15) is 0 Å². The van der Waals surface area contributed by atoms with Crippen molar-refractivity contribution in [3.63, 3.8) is 0 Å². The van der Waals surface area contributed by atoms with Gasteiger partial charge in [0.25, 0.3) is 5.91 Å². The molecule has 4 bridgehead atoms. The quantitative estimate of drug-likeness (QED) is 0.639. The molecule has 0 saturated heterocycles. The Morgan fingerprint density at radius 1 is 1.06 bits per heavy atom. The normalized spacial score (nSPS) is 29.7. The second kappa shape index (κ2) is 7.30. The molecule has 4 aliphatic carbocycles. The number of rotatable bonds is 4. The van der Waals surface area contributed by atoms with Crippen molar-refractivity contribution in [3.8, 4) is 5.75 Å². The van der Waals surface area contributed by atoms with Crippen molar-refractivity contribution in [2.75, 3.05) is 0 Å². The molecule has 0 aliphatic heterocycles. The number of hydrogen-bond acceptors (Lipinski definition) is 5. The van der Waals surface area contributed by atoms with Gasteiger partial charge in [-0.05, 0) is 75.5 Å². The van der Waals surface area contributed by atoms with Crippen molar-refractivity contribution >= 4 is 17.6 Å². The molecule has 8 heteroatoms. The lowest BCUT2D eigenvalue weighted by Crippen LogP contribution is -2.70. The van der Waals surface area contributed by atoms with E-state index < -0.39 is 6.09 Å². The van der Waals surface area contributed by atoms with Crippen molar-refractivity contribution in [3.05, 3.63) is 60.3 Å². The Balaban J connectivity index is 1.19. The van der Waals surface area contributed by atoms with Gasteiger partial charge in [-0.3, -0.25) is 4.79 Å². The van der Waals surface area contributed by atoms with E-state index in [2.05, 4.69) is 20.6 Å². The Hall–Kier alpha value is -3.42. The van der Waals surface area contributed by atoms with Crippen molar-refractivity contribution in [1.82, 2.24) is 25.0 Å². The number of aromatic nitrogens is 3. The van der Waals surface area contributed by atoms with Gasteiger partial charge in [0.2, 0.25) is 0 Å². The lowest BCUT2D eigenvalue weighted by molar-refractivity contribution is -0.0449. The molecular weight excluding hydrogens is 418 g/mol. The first-order chi connectivity index (χ1) is 15.9. The highest BCUT2D eigenvalue weighted by molar-refractivity contribution is 5.92. The molecule has 0 aromatic carbocycles. The number of pyridine rings is 2. The van der Waals surface area contributed by atoms with Gasteiger partial charge < -0.3 is 19.8 Å². The van der Waals surface area contributed by atoms with Crippen molar-refractivity contribution in [2.45, 2.75) is 56.5 Å². The van der Waals surface area contributed by atoms with Crippen LogP contribution in [0.2, 0.25) is 0 Å². The van der Waals surface area contributed by atoms with Crippen molar-refractivity contribution < 1.29 is 14.3 Å². The molecule has 3 aromatic heterocycles. The molecule has 3 heterocycles. The van der Waals surface area contributed by atoms with Gasteiger partial charge in [-0.25, -0.2) is 14.8 Å². The molecule has 2 amide bonds. The molecule has 2 atom stereocenters. The summed E-state index contributed by atoms with van der Waals surface area (Å²) < 4.78 is 7.49. The molecule has 0 spiro atoms. The summed E-state index contributed by atoms with van der Waals surface area (Å²) in [5, 5.41) is 6.53. The van der Waals surface area contributed by atoms with Crippen LogP contribution in [0.15, 0.2) is 48.9 Å². The third-order valence-electron chi connectivity index (χ3n) is 7.51. The highest BCUT2D eigenvalue weighted by Crippen LogP contribution is 2.57. The van der Waals surface area contributed by atoms with E-state index in [1.807, 2.05) is 35.9 Å². The Morgan fingerprint density at radius 2 is 1.82 bits per heavy atom. The first-order valence-corrected chi connectivity index (χ1v) is 11.6. The van der Waals surface area contributed by atoms with Crippen LogP contribution in [0.4, 0.5) is 4.79 Å². The van der Waals surface area contributed by atoms with Crippen LogP contribution in [-0.4, -0.2) is 37.4 Å². The molecule has 2 N–H and O–H groups in total. The van der Waals surface area contributed by atoms with Crippen LogP contribution in [0.5, 0.6) is 5.75 Å². The van der Waals surface area contributed by atoms with E-state index in [9.17, 15) is 9.59 Å². The maximum Gasteiger partial charge on any atom is 0.413 e. The van der Waals surface area contributed by atoms with Crippen LogP contribution in [0.25, 0.3) is 5.65 Å². The van der Waals surface area contributed by atoms with Gasteiger partial charge >= 0.3 is 6.09 Å². The van der Waals surface area contributed by atoms with Crippen molar-refractivity contribution in [1.29, 1.82) is 0 Å². The number of carbonyl (C=O) groups is 2. The molecule has 4 saturated carbocycles. The maximum atomic E-state index is 13.0. The Kier molecular flexibility index (Phi) is 4.47. The third-order valence-corrected chi connectivity index (χ3v) is 7.51. The van der Waals surface area contributed by atoms with E-state index in [1.54, 1.807) is 24.4 Å². The number of ether oxygens (including phenoxy) is 1. The van der Waals surface area contributed by atoms with Crippen LogP contribution >= 0.6 is 0 Å². The average Bonchev–Trinajstić information content (AvgIpc) is 3.19. The van der Waals surface area contributed by atoms with Gasteiger partial charge in [-0.1, -0.05) is 6.07 Å². The second-order valence-corrected chi connectivity index (χ2v) is 10.2. The van der Waals surface area contributed by atoms with Crippen LogP contribution in [0.1, 0.15) is 54.7 Å². The molecule has 170 valence electrons. The zero-order valence-corrected chi connectivity index (χ0v) is 18.6. The molecule has 3 aromatic rings. The number of carbonyl (C=O) groups excluding carboxylic acids is 2. The van der Waals surface area contributed by atoms with E-state index in [0.717, 1.165) is 49.9 Å². The summed E-state index contributed by atoms with van der Waals surface area (Å²) in [7, 11) is 0. The van der Waals surface area contributed by atoms with Gasteiger partial charge in [0, 0.05) is 41.4 Å². The van der Waals surface area contributed by atoms with E-state index >= 15 is 0 Å². The van der Waals surface area contributed by atoms with Gasteiger partial charge in [-0.15, -0.1) is 0 Å². The fourth-order valence-electron chi connectivity index (χ4n) is 6.83. The summed E-state index contributed by atoms with van der Waals surface area (Å²) in [5.74, 6) is 1.30. The summed E-state index contributed by atoms with van der Waals surface area (Å²) in [6.07, 6.45) is 10.6. The van der Waals surface area contributed by atoms with Gasteiger partial charge in [0.15, 0.2) is 0 Å². The topological polar surface area (TPSA) is 97.6 Å². The number of fused-ring (bicyclic) bond motifs is 1. The monoisotopic (exact) mass is 445 g/mol. The maximum absolute atomic E-state index is 13.0. The van der Waals surface area contributed by atoms with Crippen molar-refractivity contribution in [2.24, 2.45) is 11.8 Å². The standard InChI is InChI=1S/C25H27N5O3/c1-16-3-2-4-20(27-16)22(31)28-24-11-17-9-18(12-24)14-25(13-17,15-24)29-23(32)33-19-5-7-30-8-6-26-21(30)10-19/h2-8,10,17-18H,9,11-15H2,1H3,(H,28,31)(H,29,32). The zero-order valence-electron chi connectivity index (χ0n) is 18.6. The highest BCUT2D eigenvalue weighted by Gasteiger charge is 2.59. The van der Waals surface area contributed by atoms with Crippen LogP contribution < -0.4 is 15.4 Å². The number of hydrogen-bond donors (Lipinski definition) is 2. The van der Waals surface area contributed by atoms with Crippen LogP contribution in [0, 0.1) is 18.8 Å². The molecule has 0 radical (unpaired) electrons. The number of nitrogens with one attached hydrogen (secondary N) is 2. The minimum absolute atomic E-state index is 0.133. The minimum atomic E-state index is -0.449. The Labute approximate surface area is 191 Å². The Morgan fingerprint density at radius 3 is 2.58 bits per heavy atom. The Bertz CT molecular complexity index is 1240. The number of amides is 2. The lowest BCUT2D eigenvalue weighted by atomic mass is 9.50. The summed E-state index contributed by atoms with van der Waals surface area (Å²) >= 11 is 0. The van der Waals surface area contributed by atoms with E-state index in [4.69, 9.17) is 4.74 Å². The summed E-state index contributed by atoms with van der Waals surface area (Å²) in [6, 6.07) is 9.00. The molecular formula is C25H27N5O3. The molecule has 4 fully saturated rings. The molecule has 8 nitrogen and oxygen atoms in total. The fourth-order valence-corrected chi connectivity index (χ4v) is 6.83. The lowest BCUT2D eigenvalue weighted by Gasteiger charge is -2.62. The van der Waals surface area contributed by atoms with E-state index in [1.165, 1.54) is 0 Å². The number of aryl methyl sites for hydroxylation is 1. The third kappa shape index (κ3) is 3.73. The van der Waals surface area contributed by atoms with E-state index in [-0.39, 0.29) is 17.0 Å². The predicted octanol–water partition coefficient (Wildman–Crippen LogP) is 3.65. The molecule has 4 aliphatic rings. The van der Waals surface area contributed by atoms with E-state index in [0.29, 0.717) is 23.3 Å². The number of nitrogens with zero attached hydrogens (tertiary/aromatic N) is 3. The first kappa shape index (κ1) is 20.2. The molecule has 2 unspecified atom stereocenters. The predicted molar refractivity (Wildman–Crippen MR) is 121 cm³/mol. The highest BCUT2D eigenvalue weighted by atomic mass is 16.6. The van der Waals surface area contributed by atoms with Gasteiger partial charge in [0.1, 0.15) is 17.1 Å². The molecule has 33 heavy (non-hydrogen) atoms. The van der Waals surface area contributed by atoms with Crippen LogP contribution in [0.3, 0.4) is 0 Å². The summed E-state index contributed by atoms with van der Waals surface area (Å²) in [6.45, 7) is 1.89. The second-order valence-electron chi connectivity index (χ2n) is 10.2.